The Hall–Kier alpha value is -4.33. The van der Waals surface area contributed by atoms with Crippen molar-refractivity contribution < 1.29 is 9.18 Å². The summed E-state index contributed by atoms with van der Waals surface area (Å²) in [6.07, 6.45) is 1.65. The van der Waals surface area contributed by atoms with Gasteiger partial charge in [-0.1, -0.05) is 12.1 Å². The van der Waals surface area contributed by atoms with Crippen molar-refractivity contribution in [2.75, 3.05) is 10.6 Å². The summed E-state index contributed by atoms with van der Waals surface area (Å²) >= 11 is 0. The molecule has 0 saturated carbocycles. The van der Waals surface area contributed by atoms with Crippen LogP contribution in [0.2, 0.25) is 0 Å². The van der Waals surface area contributed by atoms with Crippen LogP contribution in [0.4, 0.5) is 15.9 Å². The van der Waals surface area contributed by atoms with Crippen molar-refractivity contribution >= 4 is 17.4 Å². The molecule has 166 valence electrons. The Morgan fingerprint density at radius 1 is 1.06 bits per heavy atom. The number of nitrogens with zero attached hydrogens (tertiary/aromatic N) is 2. The maximum absolute atomic E-state index is 13.0. The molecule has 7 nitrogen and oxygen atoms in total. The van der Waals surface area contributed by atoms with Crippen molar-refractivity contribution in [3.8, 4) is 11.4 Å². The Labute approximate surface area is 189 Å². The van der Waals surface area contributed by atoms with E-state index in [0.717, 1.165) is 5.56 Å². The number of nitrogens with one attached hydrogen (secondary N) is 3. The Balaban J connectivity index is 1.40. The summed E-state index contributed by atoms with van der Waals surface area (Å²) in [4.78, 5) is 35.9. The molecule has 0 radical (unpaired) electrons. The Morgan fingerprint density at radius 3 is 2.55 bits per heavy atom. The zero-order valence-corrected chi connectivity index (χ0v) is 18.1. The van der Waals surface area contributed by atoms with Crippen LogP contribution in [-0.4, -0.2) is 20.9 Å². The number of aryl methyl sites for hydroxylation is 1. The van der Waals surface area contributed by atoms with Gasteiger partial charge in [-0.3, -0.25) is 9.59 Å². The van der Waals surface area contributed by atoms with Gasteiger partial charge < -0.3 is 15.6 Å². The first-order chi connectivity index (χ1) is 15.9. The first-order valence-electron chi connectivity index (χ1n) is 10.3. The number of aromatic amines is 1. The van der Waals surface area contributed by atoms with Crippen LogP contribution >= 0.6 is 0 Å². The van der Waals surface area contributed by atoms with Gasteiger partial charge in [0.25, 0.3) is 11.5 Å². The highest BCUT2D eigenvalue weighted by molar-refractivity contribution is 6.04. The van der Waals surface area contributed by atoms with Gasteiger partial charge in [-0.25, -0.2) is 14.4 Å². The van der Waals surface area contributed by atoms with Gasteiger partial charge in [-0.15, -0.1) is 0 Å². The lowest BCUT2D eigenvalue weighted by atomic mass is 10.1. The maximum atomic E-state index is 13.0. The molecule has 3 N–H and O–H groups in total. The summed E-state index contributed by atoms with van der Waals surface area (Å²) in [5.74, 6) is 0.438. The summed E-state index contributed by atoms with van der Waals surface area (Å²) < 4.78 is 13.0. The molecule has 33 heavy (non-hydrogen) atoms. The van der Waals surface area contributed by atoms with E-state index in [1.54, 1.807) is 26.1 Å². The third kappa shape index (κ3) is 5.30. The number of hydrogen-bond acceptors (Lipinski definition) is 5. The van der Waals surface area contributed by atoms with Crippen LogP contribution in [0.15, 0.2) is 71.7 Å². The fourth-order valence-electron chi connectivity index (χ4n) is 3.18. The van der Waals surface area contributed by atoms with E-state index in [0.29, 0.717) is 46.3 Å². The number of amides is 1. The molecule has 0 aliphatic rings. The van der Waals surface area contributed by atoms with Crippen LogP contribution in [0.25, 0.3) is 11.4 Å². The molecule has 0 aliphatic heterocycles. The van der Waals surface area contributed by atoms with Crippen LogP contribution in [0.5, 0.6) is 0 Å². The molecular formula is C25H22FN5O2. The average Bonchev–Trinajstić information content (AvgIpc) is 2.82. The molecule has 2 heterocycles. The van der Waals surface area contributed by atoms with Gasteiger partial charge in [-0.2, -0.15) is 0 Å². The van der Waals surface area contributed by atoms with Gasteiger partial charge in [0, 0.05) is 40.8 Å². The second-order valence-corrected chi connectivity index (χ2v) is 7.57. The van der Waals surface area contributed by atoms with Crippen LogP contribution in [-0.2, 0) is 6.54 Å². The minimum atomic E-state index is -0.389. The van der Waals surface area contributed by atoms with E-state index in [9.17, 15) is 14.0 Å². The largest absolute Gasteiger partial charge is 0.366 e. The molecule has 4 rings (SSSR count). The lowest BCUT2D eigenvalue weighted by Crippen LogP contribution is -2.14. The summed E-state index contributed by atoms with van der Waals surface area (Å²) in [6, 6.07) is 16.4. The van der Waals surface area contributed by atoms with E-state index < -0.39 is 0 Å². The molecular weight excluding hydrogens is 421 g/mol. The van der Waals surface area contributed by atoms with Crippen molar-refractivity contribution in [2.24, 2.45) is 0 Å². The maximum Gasteiger partial charge on any atom is 0.255 e. The quantitative estimate of drug-likeness (QED) is 0.409. The fraction of sp³-hybridized carbons (Fsp3) is 0.120. The fourth-order valence-corrected chi connectivity index (χ4v) is 3.18. The molecule has 0 bridgehead atoms. The minimum Gasteiger partial charge on any atom is -0.366 e. The number of anilines is 2. The lowest BCUT2D eigenvalue weighted by Gasteiger charge is -2.10. The van der Waals surface area contributed by atoms with Gasteiger partial charge >= 0.3 is 0 Å². The smallest absolute Gasteiger partial charge is 0.255 e. The first kappa shape index (κ1) is 21.9. The summed E-state index contributed by atoms with van der Waals surface area (Å²) in [6.45, 7) is 4.03. The van der Waals surface area contributed by atoms with Gasteiger partial charge in [0.1, 0.15) is 17.5 Å². The predicted octanol–water partition coefficient (Wildman–Crippen LogP) is 4.45. The number of carbonyl (C=O) groups excluding carboxylic acids is 1. The van der Waals surface area contributed by atoms with Crippen molar-refractivity contribution in [3.05, 3.63) is 105 Å². The standard InChI is InChI=1S/C25H22FN5O2/c1-15-16(2)29-23(31-24(15)32)19-8-11-22(28-14-19)27-13-17-4-3-5-21(12-17)30-25(33)18-6-9-20(26)10-7-18/h3-12,14H,13H2,1-2H3,(H,27,28)(H,30,33)(H,29,31,32). The number of halogens is 1. The van der Waals surface area contributed by atoms with E-state index in [1.807, 2.05) is 30.3 Å². The van der Waals surface area contributed by atoms with Crippen LogP contribution in [0.1, 0.15) is 27.2 Å². The highest BCUT2D eigenvalue weighted by Crippen LogP contribution is 2.17. The first-order valence-corrected chi connectivity index (χ1v) is 10.3. The zero-order valence-electron chi connectivity index (χ0n) is 18.1. The van der Waals surface area contributed by atoms with E-state index >= 15 is 0 Å². The van der Waals surface area contributed by atoms with E-state index in [4.69, 9.17) is 0 Å². The molecule has 0 aliphatic carbocycles. The number of carbonyl (C=O) groups is 1. The second-order valence-electron chi connectivity index (χ2n) is 7.57. The SMILES string of the molecule is Cc1nc(-c2ccc(NCc3cccc(NC(=O)c4ccc(F)cc4)c3)nc2)[nH]c(=O)c1C. The van der Waals surface area contributed by atoms with Crippen LogP contribution < -0.4 is 16.2 Å². The Bertz CT molecular complexity index is 1350. The summed E-state index contributed by atoms with van der Waals surface area (Å²) in [5.41, 5.74) is 3.79. The normalized spacial score (nSPS) is 10.6. The van der Waals surface area contributed by atoms with Crippen molar-refractivity contribution in [1.29, 1.82) is 0 Å². The van der Waals surface area contributed by atoms with Crippen molar-refractivity contribution in [3.63, 3.8) is 0 Å². The van der Waals surface area contributed by atoms with Gasteiger partial charge in [-0.05, 0) is 67.9 Å². The molecule has 0 spiro atoms. The highest BCUT2D eigenvalue weighted by atomic mass is 19.1. The van der Waals surface area contributed by atoms with Gasteiger partial charge in [0.05, 0.1) is 0 Å². The number of H-pyrrole nitrogens is 1. The highest BCUT2D eigenvalue weighted by Gasteiger charge is 2.08. The number of hydrogen-bond donors (Lipinski definition) is 3. The third-order valence-corrected chi connectivity index (χ3v) is 5.20. The average molecular weight is 443 g/mol. The number of aromatic nitrogens is 3. The van der Waals surface area contributed by atoms with E-state index in [-0.39, 0.29) is 17.3 Å². The third-order valence-electron chi connectivity index (χ3n) is 5.20. The minimum absolute atomic E-state index is 0.161. The van der Waals surface area contributed by atoms with E-state index in [2.05, 4.69) is 25.6 Å². The molecule has 0 unspecified atom stereocenters. The Morgan fingerprint density at radius 2 is 1.85 bits per heavy atom. The van der Waals surface area contributed by atoms with Gasteiger partial charge in [0.15, 0.2) is 0 Å². The molecule has 4 aromatic rings. The van der Waals surface area contributed by atoms with Crippen molar-refractivity contribution in [1.82, 2.24) is 15.0 Å². The van der Waals surface area contributed by atoms with Crippen LogP contribution in [0, 0.1) is 19.7 Å². The Kier molecular flexibility index (Phi) is 6.26. The molecule has 0 saturated heterocycles. The van der Waals surface area contributed by atoms with Crippen LogP contribution in [0.3, 0.4) is 0 Å². The molecule has 1 amide bonds. The van der Waals surface area contributed by atoms with E-state index in [1.165, 1.54) is 24.3 Å². The number of pyridine rings is 1. The molecule has 8 heteroatoms. The molecule has 2 aromatic heterocycles. The summed E-state index contributed by atoms with van der Waals surface area (Å²) in [5, 5.41) is 6.05. The second kappa shape index (κ2) is 9.44. The topological polar surface area (TPSA) is 99.8 Å². The van der Waals surface area contributed by atoms with Gasteiger partial charge in [0.2, 0.25) is 0 Å². The predicted molar refractivity (Wildman–Crippen MR) is 126 cm³/mol. The number of rotatable bonds is 6. The molecule has 2 aromatic carbocycles. The number of benzene rings is 2. The molecule has 0 atom stereocenters. The van der Waals surface area contributed by atoms with Crippen molar-refractivity contribution in [2.45, 2.75) is 20.4 Å². The molecule has 0 fully saturated rings. The summed E-state index contributed by atoms with van der Waals surface area (Å²) in [7, 11) is 0. The monoisotopic (exact) mass is 443 g/mol. The lowest BCUT2D eigenvalue weighted by molar-refractivity contribution is 0.102. The zero-order chi connectivity index (χ0) is 23.4.